The van der Waals surface area contributed by atoms with Crippen molar-refractivity contribution in [3.8, 4) is 0 Å². The SMILES string of the molecule is CSCCC(N)C(=O)NC(CS)C(=O)NC(CCC(=O)O)C(=O)N1CCCC1C(=O)O. The maximum Gasteiger partial charge on any atom is 0.326 e. The number of nitrogens with two attached hydrogens (primary N) is 1. The van der Waals surface area contributed by atoms with Crippen molar-refractivity contribution >= 4 is 54.1 Å². The van der Waals surface area contributed by atoms with E-state index in [1.165, 1.54) is 11.8 Å². The van der Waals surface area contributed by atoms with Crippen molar-refractivity contribution in [2.45, 2.75) is 56.3 Å². The topological polar surface area (TPSA) is 179 Å². The third-order valence-electron chi connectivity index (χ3n) is 4.87. The molecule has 1 saturated heterocycles. The van der Waals surface area contributed by atoms with Crippen molar-refractivity contribution in [1.82, 2.24) is 15.5 Å². The fraction of sp³-hybridized carbons (Fsp3) is 0.722. The molecule has 0 aromatic carbocycles. The summed E-state index contributed by atoms with van der Waals surface area (Å²) in [5, 5.41) is 23.2. The first-order chi connectivity index (χ1) is 14.6. The average molecular weight is 479 g/mol. The molecular formula is C18H30N4O7S2. The number of nitrogens with one attached hydrogen (secondary N) is 2. The van der Waals surface area contributed by atoms with E-state index >= 15 is 0 Å². The molecule has 0 bridgehead atoms. The molecule has 13 heteroatoms. The number of hydrogen-bond acceptors (Lipinski definition) is 8. The zero-order chi connectivity index (χ0) is 23.6. The lowest BCUT2D eigenvalue weighted by Gasteiger charge is -2.28. The summed E-state index contributed by atoms with van der Waals surface area (Å²) in [7, 11) is 0. The molecule has 3 amide bonds. The van der Waals surface area contributed by atoms with E-state index in [1.807, 2.05) is 6.26 Å². The van der Waals surface area contributed by atoms with Crippen molar-refractivity contribution in [3.63, 3.8) is 0 Å². The number of carbonyl (C=O) groups excluding carboxylic acids is 3. The highest BCUT2D eigenvalue weighted by Gasteiger charge is 2.38. The Morgan fingerprint density at radius 3 is 2.32 bits per heavy atom. The van der Waals surface area contributed by atoms with E-state index in [1.54, 1.807) is 0 Å². The van der Waals surface area contributed by atoms with Gasteiger partial charge in [-0.1, -0.05) is 0 Å². The van der Waals surface area contributed by atoms with E-state index in [4.69, 9.17) is 10.8 Å². The number of nitrogens with zero attached hydrogens (tertiary/aromatic N) is 1. The van der Waals surface area contributed by atoms with E-state index in [0.717, 1.165) is 4.90 Å². The average Bonchev–Trinajstić information content (AvgIpc) is 3.22. The molecule has 1 fully saturated rings. The molecule has 4 atom stereocenters. The van der Waals surface area contributed by atoms with E-state index in [0.29, 0.717) is 18.6 Å². The molecule has 11 nitrogen and oxygen atoms in total. The standard InChI is InChI=1S/C18H30N4O7S2/c1-31-8-6-10(19)15(25)21-12(9-30)16(26)20-11(4-5-14(23)24)17(27)22-7-2-3-13(22)18(28)29/h10-13,30H,2-9,19H2,1H3,(H,20,26)(H,21,25)(H,23,24)(H,28,29). The zero-order valence-corrected chi connectivity index (χ0v) is 19.0. The van der Waals surface area contributed by atoms with Crippen LogP contribution < -0.4 is 16.4 Å². The molecule has 176 valence electrons. The minimum Gasteiger partial charge on any atom is -0.481 e. The predicted octanol–water partition coefficient (Wildman–Crippen LogP) is -1.09. The summed E-state index contributed by atoms with van der Waals surface area (Å²) < 4.78 is 0. The Bertz CT molecular complexity index is 679. The lowest BCUT2D eigenvalue weighted by Crippen LogP contribution is -2.57. The van der Waals surface area contributed by atoms with Crippen LogP contribution in [0.15, 0.2) is 0 Å². The molecule has 1 aliphatic heterocycles. The normalized spacial score (nSPS) is 18.7. The number of aliphatic carboxylic acids is 2. The Labute approximate surface area is 190 Å². The fourth-order valence-corrected chi connectivity index (χ4v) is 3.88. The third-order valence-corrected chi connectivity index (χ3v) is 5.88. The lowest BCUT2D eigenvalue weighted by molar-refractivity contribution is -0.150. The van der Waals surface area contributed by atoms with Gasteiger partial charge in [0, 0.05) is 18.7 Å². The number of rotatable bonds is 13. The number of carboxylic acids is 2. The number of likely N-dealkylation sites (tertiary alicyclic amines) is 1. The lowest BCUT2D eigenvalue weighted by atomic mass is 10.1. The Morgan fingerprint density at radius 2 is 1.77 bits per heavy atom. The van der Waals surface area contributed by atoms with Crippen LogP contribution in [0.2, 0.25) is 0 Å². The molecule has 0 aliphatic carbocycles. The van der Waals surface area contributed by atoms with Crippen LogP contribution in [-0.2, 0) is 24.0 Å². The minimum absolute atomic E-state index is 0.0753. The number of amides is 3. The summed E-state index contributed by atoms with van der Waals surface area (Å²) in [6.07, 6.45) is 2.44. The van der Waals surface area contributed by atoms with Crippen LogP contribution in [0, 0.1) is 0 Å². The highest BCUT2D eigenvalue weighted by atomic mass is 32.2. The van der Waals surface area contributed by atoms with Gasteiger partial charge < -0.3 is 31.5 Å². The van der Waals surface area contributed by atoms with Crippen molar-refractivity contribution in [1.29, 1.82) is 0 Å². The van der Waals surface area contributed by atoms with E-state index in [-0.39, 0.29) is 25.1 Å². The second-order valence-electron chi connectivity index (χ2n) is 7.15. The van der Waals surface area contributed by atoms with Crippen LogP contribution in [0.3, 0.4) is 0 Å². The second-order valence-corrected chi connectivity index (χ2v) is 8.50. The van der Waals surface area contributed by atoms with Crippen molar-refractivity contribution in [3.05, 3.63) is 0 Å². The van der Waals surface area contributed by atoms with Gasteiger partial charge in [-0.2, -0.15) is 24.4 Å². The molecule has 31 heavy (non-hydrogen) atoms. The summed E-state index contributed by atoms with van der Waals surface area (Å²) in [5.41, 5.74) is 5.80. The van der Waals surface area contributed by atoms with Gasteiger partial charge in [-0.3, -0.25) is 19.2 Å². The van der Waals surface area contributed by atoms with Crippen LogP contribution in [-0.4, -0.2) is 93.2 Å². The van der Waals surface area contributed by atoms with Crippen LogP contribution in [0.25, 0.3) is 0 Å². The molecule has 1 heterocycles. The maximum absolute atomic E-state index is 12.9. The molecule has 0 aromatic rings. The van der Waals surface area contributed by atoms with Gasteiger partial charge in [-0.25, -0.2) is 4.79 Å². The Kier molecular flexibility index (Phi) is 11.7. The van der Waals surface area contributed by atoms with Crippen LogP contribution in [0.4, 0.5) is 0 Å². The first-order valence-corrected chi connectivity index (χ1v) is 11.9. The summed E-state index contributed by atoms with van der Waals surface area (Å²) in [5.74, 6) is -3.67. The number of carboxylic acid groups (broad SMARTS) is 2. The summed E-state index contributed by atoms with van der Waals surface area (Å²) in [6, 6.07) is -4.17. The third kappa shape index (κ3) is 8.57. The number of thioether (sulfide) groups is 1. The molecule has 0 radical (unpaired) electrons. The fourth-order valence-electron chi connectivity index (χ4n) is 3.13. The van der Waals surface area contributed by atoms with Crippen LogP contribution in [0.1, 0.15) is 32.1 Å². The molecule has 6 N–H and O–H groups in total. The van der Waals surface area contributed by atoms with Crippen LogP contribution >= 0.6 is 24.4 Å². The van der Waals surface area contributed by atoms with Gasteiger partial charge in [-0.05, 0) is 37.7 Å². The molecule has 1 rings (SSSR count). The van der Waals surface area contributed by atoms with Gasteiger partial charge in [0.15, 0.2) is 0 Å². The minimum atomic E-state index is -1.24. The largest absolute Gasteiger partial charge is 0.481 e. The van der Waals surface area contributed by atoms with E-state index < -0.39 is 60.2 Å². The zero-order valence-electron chi connectivity index (χ0n) is 17.3. The summed E-state index contributed by atoms with van der Waals surface area (Å²) in [6.45, 7) is 0.201. The van der Waals surface area contributed by atoms with Gasteiger partial charge in [-0.15, -0.1) is 0 Å². The molecule has 4 unspecified atom stereocenters. The number of carbonyl (C=O) groups is 5. The number of thiol groups is 1. The second kappa shape index (κ2) is 13.4. The maximum atomic E-state index is 12.9. The molecule has 0 spiro atoms. The van der Waals surface area contributed by atoms with Gasteiger partial charge in [0.1, 0.15) is 18.1 Å². The Balaban J connectivity index is 2.87. The van der Waals surface area contributed by atoms with Gasteiger partial charge >= 0.3 is 11.9 Å². The predicted molar refractivity (Wildman–Crippen MR) is 118 cm³/mol. The van der Waals surface area contributed by atoms with Gasteiger partial charge in [0.05, 0.1) is 6.04 Å². The molecule has 0 aromatic heterocycles. The first kappa shape index (κ1) is 27.0. The van der Waals surface area contributed by atoms with Gasteiger partial charge in [0.2, 0.25) is 17.7 Å². The summed E-state index contributed by atoms with van der Waals surface area (Å²) >= 11 is 5.59. The van der Waals surface area contributed by atoms with Gasteiger partial charge in [0.25, 0.3) is 0 Å². The summed E-state index contributed by atoms with van der Waals surface area (Å²) in [4.78, 5) is 61.3. The Morgan fingerprint density at radius 1 is 1.13 bits per heavy atom. The van der Waals surface area contributed by atoms with Crippen molar-refractivity contribution in [2.24, 2.45) is 5.73 Å². The molecule has 0 saturated carbocycles. The molecule has 1 aliphatic rings. The van der Waals surface area contributed by atoms with Crippen LogP contribution in [0.5, 0.6) is 0 Å². The van der Waals surface area contributed by atoms with Crippen molar-refractivity contribution in [2.75, 3.05) is 24.3 Å². The number of hydrogen-bond donors (Lipinski definition) is 6. The van der Waals surface area contributed by atoms with Crippen molar-refractivity contribution < 1.29 is 34.2 Å². The first-order valence-electron chi connectivity index (χ1n) is 9.83. The van der Waals surface area contributed by atoms with E-state index in [9.17, 15) is 29.1 Å². The monoisotopic (exact) mass is 478 g/mol. The quantitative estimate of drug-likeness (QED) is 0.179. The highest BCUT2D eigenvalue weighted by molar-refractivity contribution is 7.98. The smallest absolute Gasteiger partial charge is 0.326 e. The van der Waals surface area contributed by atoms with E-state index in [2.05, 4.69) is 23.3 Å². The Hall–Kier alpha value is -1.99. The highest BCUT2D eigenvalue weighted by Crippen LogP contribution is 2.19. The molecular weight excluding hydrogens is 448 g/mol.